The molecule has 1 aliphatic rings. The van der Waals surface area contributed by atoms with Crippen LogP contribution in [-0.2, 0) is 6.54 Å². The normalized spacial score (nSPS) is 20.0. The SMILES string of the molecule is CCN1CCC[C@H](CNCc2cn[nH]c2-c2cccs2)C1. The average molecular weight is 304 g/mol. The van der Waals surface area contributed by atoms with Crippen LogP contribution in [-0.4, -0.2) is 41.3 Å². The van der Waals surface area contributed by atoms with E-state index in [2.05, 4.69) is 44.9 Å². The third-order valence-corrected chi connectivity index (χ3v) is 5.17. The van der Waals surface area contributed by atoms with E-state index in [-0.39, 0.29) is 0 Å². The van der Waals surface area contributed by atoms with Crippen molar-refractivity contribution in [3.63, 3.8) is 0 Å². The van der Waals surface area contributed by atoms with E-state index in [0.717, 1.165) is 24.7 Å². The summed E-state index contributed by atoms with van der Waals surface area (Å²) in [7, 11) is 0. The molecule has 1 atom stereocenters. The Morgan fingerprint density at radius 3 is 3.29 bits per heavy atom. The summed E-state index contributed by atoms with van der Waals surface area (Å²) in [5, 5.41) is 13.1. The van der Waals surface area contributed by atoms with Crippen molar-refractivity contribution in [2.75, 3.05) is 26.2 Å². The van der Waals surface area contributed by atoms with Gasteiger partial charge in [-0.15, -0.1) is 11.3 Å². The second-order valence-corrected chi connectivity index (χ2v) is 6.73. The molecule has 3 heterocycles. The number of aromatic nitrogens is 2. The van der Waals surface area contributed by atoms with Crippen LogP contribution in [0, 0.1) is 5.92 Å². The zero-order valence-electron chi connectivity index (χ0n) is 12.6. The summed E-state index contributed by atoms with van der Waals surface area (Å²) in [6, 6.07) is 4.22. The lowest BCUT2D eigenvalue weighted by molar-refractivity contribution is 0.180. The van der Waals surface area contributed by atoms with Gasteiger partial charge in [0.2, 0.25) is 0 Å². The van der Waals surface area contributed by atoms with Gasteiger partial charge in [0.25, 0.3) is 0 Å². The Morgan fingerprint density at radius 1 is 1.52 bits per heavy atom. The first kappa shape index (κ1) is 14.8. The molecule has 0 aliphatic carbocycles. The van der Waals surface area contributed by atoms with Gasteiger partial charge in [-0.1, -0.05) is 13.0 Å². The number of nitrogens with zero attached hydrogens (tertiary/aromatic N) is 2. The predicted molar refractivity (Wildman–Crippen MR) is 88.4 cm³/mol. The summed E-state index contributed by atoms with van der Waals surface area (Å²) < 4.78 is 0. The van der Waals surface area contributed by atoms with E-state index < -0.39 is 0 Å². The molecule has 2 aromatic rings. The number of H-pyrrole nitrogens is 1. The summed E-state index contributed by atoms with van der Waals surface area (Å²) in [6.45, 7) is 7.96. The van der Waals surface area contributed by atoms with Crippen molar-refractivity contribution < 1.29 is 0 Å². The fraction of sp³-hybridized carbons (Fsp3) is 0.562. The highest BCUT2D eigenvalue weighted by Gasteiger charge is 2.18. The first-order valence-corrected chi connectivity index (χ1v) is 8.74. The minimum atomic E-state index is 0.788. The van der Waals surface area contributed by atoms with Crippen LogP contribution in [0.5, 0.6) is 0 Å². The van der Waals surface area contributed by atoms with Crippen molar-refractivity contribution in [3.05, 3.63) is 29.3 Å². The van der Waals surface area contributed by atoms with Gasteiger partial charge in [-0.25, -0.2) is 0 Å². The van der Waals surface area contributed by atoms with E-state index in [1.165, 1.54) is 42.9 Å². The summed E-state index contributed by atoms with van der Waals surface area (Å²) >= 11 is 1.75. The summed E-state index contributed by atoms with van der Waals surface area (Å²) in [4.78, 5) is 3.82. The Morgan fingerprint density at radius 2 is 2.48 bits per heavy atom. The number of aromatic amines is 1. The molecule has 1 fully saturated rings. The van der Waals surface area contributed by atoms with Crippen LogP contribution < -0.4 is 5.32 Å². The monoisotopic (exact) mass is 304 g/mol. The molecule has 3 rings (SSSR count). The van der Waals surface area contributed by atoms with E-state index in [4.69, 9.17) is 0 Å². The zero-order valence-corrected chi connectivity index (χ0v) is 13.5. The van der Waals surface area contributed by atoms with E-state index in [1.807, 2.05) is 6.20 Å². The highest BCUT2D eigenvalue weighted by atomic mass is 32.1. The third kappa shape index (κ3) is 3.73. The Hall–Kier alpha value is -1.17. The van der Waals surface area contributed by atoms with Crippen molar-refractivity contribution in [1.29, 1.82) is 0 Å². The third-order valence-electron chi connectivity index (χ3n) is 4.28. The zero-order chi connectivity index (χ0) is 14.5. The van der Waals surface area contributed by atoms with Crippen LogP contribution >= 0.6 is 11.3 Å². The van der Waals surface area contributed by atoms with Crippen LogP contribution in [0.2, 0.25) is 0 Å². The van der Waals surface area contributed by atoms with Crippen molar-refractivity contribution in [1.82, 2.24) is 20.4 Å². The molecule has 0 bridgehead atoms. The van der Waals surface area contributed by atoms with E-state index >= 15 is 0 Å². The maximum absolute atomic E-state index is 4.20. The van der Waals surface area contributed by atoms with Crippen LogP contribution in [0.3, 0.4) is 0 Å². The van der Waals surface area contributed by atoms with E-state index in [0.29, 0.717) is 0 Å². The molecule has 0 amide bonds. The van der Waals surface area contributed by atoms with Crippen molar-refractivity contribution in [3.8, 4) is 10.6 Å². The first-order valence-electron chi connectivity index (χ1n) is 7.86. The number of rotatable bonds is 6. The van der Waals surface area contributed by atoms with Gasteiger partial charge < -0.3 is 10.2 Å². The Kier molecular flexibility index (Phi) is 5.06. The van der Waals surface area contributed by atoms with Crippen LogP contribution in [0.1, 0.15) is 25.3 Å². The van der Waals surface area contributed by atoms with E-state index in [1.54, 1.807) is 11.3 Å². The molecule has 2 N–H and O–H groups in total. The predicted octanol–water partition coefficient (Wildman–Crippen LogP) is 2.96. The molecule has 4 nitrogen and oxygen atoms in total. The minimum Gasteiger partial charge on any atom is -0.312 e. The van der Waals surface area contributed by atoms with Crippen molar-refractivity contribution >= 4 is 11.3 Å². The molecule has 0 aromatic carbocycles. The molecule has 114 valence electrons. The minimum absolute atomic E-state index is 0.788. The molecule has 0 unspecified atom stereocenters. The number of hydrogen-bond donors (Lipinski definition) is 2. The van der Waals surface area contributed by atoms with Gasteiger partial charge in [0, 0.05) is 18.7 Å². The maximum Gasteiger partial charge on any atom is 0.0794 e. The van der Waals surface area contributed by atoms with Gasteiger partial charge >= 0.3 is 0 Å². The number of thiophene rings is 1. The Bertz CT molecular complexity index is 534. The van der Waals surface area contributed by atoms with Gasteiger partial charge in [0.05, 0.1) is 16.8 Å². The summed E-state index contributed by atoms with van der Waals surface area (Å²) in [5.74, 6) is 0.788. The smallest absolute Gasteiger partial charge is 0.0794 e. The highest BCUT2D eigenvalue weighted by Crippen LogP contribution is 2.25. The maximum atomic E-state index is 4.20. The van der Waals surface area contributed by atoms with Crippen molar-refractivity contribution in [2.24, 2.45) is 5.92 Å². The molecule has 0 spiro atoms. The topological polar surface area (TPSA) is 44.0 Å². The first-order chi connectivity index (χ1) is 10.4. The van der Waals surface area contributed by atoms with Crippen LogP contribution in [0.25, 0.3) is 10.6 Å². The number of piperidine rings is 1. The van der Waals surface area contributed by atoms with Gasteiger partial charge in [0.15, 0.2) is 0 Å². The average Bonchev–Trinajstić information content (AvgIpc) is 3.18. The number of hydrogen-bond acceptors (Lipinski definition) is 4. The highest BCUT2D eigenvalue weighted by molar-refractivity contribution is 7.13. The summed E-state index contributed by atoms with van der Waals surface area (Å²) in [6.07, 6.45) is 4.64. The molecule has 2 aromatic heterocycles. The quantitative estimate of drug-likeness (QED) is 0.862. The van der Waals surface area contributed by atoms with Gasteiger partial charge in [-0.3, -0.25) is 5.10 Å². The lowest BCUT2D eigenvalue weighted by Gasteiger charge is -2.31. The fourth-order valence-electron chi connectivity index (χ4n) is 3.10. The fourth-order valence-corrected chi connectivity index (χ4v) is 3.85. The Labute approximate surface area is 130 Å². The van der Waals surface area contributed by atoms with Gasteiger partial charge in [-0.2, -0.15) is 5.10 Å². The Balaban J connectivity index is 1.51. The summed E-state index contributed by atoms with van der Waals surface area (Å²) in [5.41, 5.74) is 2.43. The molecule has 0 radical (unpaired) electrons. The lowest BCUT2D eigenvalue weighted by Crippen LogP contribution is -2.39. The van der Waals surface area contributed by atoms with E-state index in [9.17, 15) is 0 Å². The standard InChI is InChI=1S/C16H24N4S/c1-2-20-7-3-5-13(12-20)9-17-10-14-11-18-19-16(14)15-6-4-8-21-15/h4,6,8,11,13,17H,2-3,5,7,9-10,12H2,1H3,(H,18,19)/t13-/m1/s1. The van der Waals surface area contributed by atoms with Crippen molar-refractivity contribution in [2.45, 2.75) is 26.3 Å². The largest absolute Gasteiger partial charge is 0.312 e. The van der Waals surface area contributed by atoms with Gasteiger partial charge in [-0.05, 0) is 49.8 Å². The molecule has 21 heavy (non-hydrogen) atoms. The molecule has 1 saturated heterocycles. The molecular formula is C16H24N4S. The molecule has 0 saturated carbocycles. The number of nitrogens with one attached hydrogen (secondary N) is 2. The molecule has 5 heteroatoms. The van der Waals surface area contributed by atoms with Crippen LogP contribution in [0.15, 0.2) is 23.7 Å². The second kappa shape index (κ2) is 7.20. The number of likely N-dealkylation sites (tertiary alicyclic amines) is 1. The molecular weight excluding hydrogens is 280 g/mol. The lowest BCUT2D eigenvalue weighted by atomic mass is 9.98. The molecule has 1 aliphatic heterocycles. The van der Waals surface area contributed by atoms with Gasteiger partial charge in [0.1, 0.15) is 0 Å². The van der Waals surface area contributed by atoms with Crippen LogP contribution in [0.4, 0.5) is 0 Å². The second-order valence-electron chi connectivity index (χ2n) is 5.78.